The molecule has 2 nitrogen and oxygen atoms in total. The van der Waals surface area contributed by atoms with Crippen LogP contribution in [0, 0.1) is 0 Å². The number of nitrogens with two attached hydrogens (primary N) is 1. The molecule has 0 unspecified atom stereocenters. The van der Waals surface area contributed by atoms with Crippen LogP contribution in [0.25, 0.3) is 0 Å². The van der Waals surface area contributed by atoms with Crippen LogP contribution in [-0.2, 0) is 11.2 Å². The summed E-state index contributed by atoms with van der Waals surface area (Å²) >= 11 is 3.56. The number of benzene rings is 1. The van der Waals surface area contributed by atoms with Crippen LogP contribution in [0.5, 0.6) is 0 Å². The summed E-state index contributed by atoms with van der Waals surface area (Å²) in [5.41, 5.74) is 7.57. The predicted octanol–water partition coefficient (Wildman–Crippen LogP) is 2.92. The van der Waals surface area contributed by atoms with Crippen LogP contribution in [0.2, 0.25) is 0 Å². The summed E-state index contributed by atoms with van der Waals surface area (Å²) in [4.78, 5) is 0. The molecular weight excluding hydrogens is 289 g/mol. The lowest BCUT2D eigenvalue weighted by Crippen LogP contribution is -2.46. The van der Waals surface area contributed by atoms with Crippen molar-refractivity contribution in [1.29, 1.82) is 0 Å². The minimum atomic E-state index is -0.0812. The molecule has 1 aliphatic heterocycles. The molecule has 0 aliphatic carbocycles. The Kier molecular flexibility index (Phi) is 5.25. The van der Waals surface area contributed by atoms with E-state index in [4.69, 9.17) is 10.5 Å². The smallest absolute Gasteiger partial charge is 0.0483 e. The summed E-state index contributed by atoms with van der Waals surface area (Å²) in [6.07, 6.45) is 2.83. The fourth-order valence-electron chi connectivity index (χ4n) is 1.98. The lowest BCUT2D eigenvalue weighted by Gasteiger charge is -2.33. The first-order valence-corrected chi connectivity index (χ1v) is 6.09. The summed E-state index contributed by atoms with van der Waals surface area (Å²) in [5, 5.41) is 0. The van der Waals surface area contributed by atoms with Crippen molar-refractivity contribution in [3.63, 3.8) is 0 Å². The van der Waals surface area contributed by atoms with E-state index in [0.717, 1.165) is 36.9 Å². The first-order chi connectivity index (χ1) is 7.20. The number of hydrogen-bond donors (Lipinski definition) is 1. The highest BCUT2D eigenvalue weighted by molar-refractivity contribution is 9.10. The van der Waals surface area contributed by atoms with Gasteiger partial charge in [0.15, 0.2) is 0 Å². The molecule has 0 amide bonds. The number of hydrogen-bond acceptors (Lipinski definition) is 2. The third kappa shape index (κ3) is 3.45. The van der Waals surface area contributed by atoms with E-state index >= 15 is 0 Å². The third-order valence-electron chi connectivity index (χ3n) is 2.99. The van der Waals surface area contributed by atoms with Crippen LogP contribution in [0.3, 0.4) is 0 Å². The molecule has 16 heavy (non-hydrogen) atoms. The second-order valence-electron chi connectivity index (χ2n) is 4.24. The SMILES string of the molecule is Cl.NC1(Cc2ccccc2Br)CCOCC1. The Morgan fingerprint density at radius 2 is 1.88 bits per heavy atom. The van der Waals surface area contributed by atoms with E-state index in [-0.39, 0.29) is 17.9 Å². The zero-order chi connectivity index (χ0) is 10.7. The van der Waals surface area contributed by atoms with E-state index in [9.17, 15) is 0 Å². The lowest BCUT2D eigenvalue weighted by atomic mass is 9.85. The molecule has 1 aliphatic rings. The van der Waals surface area contributed by atoms with Gasteiger partial charge in [0, 0.05) is 23.2 Å². The summed E-state index contributed by atoms with van der Waals surface area (Å²) in [6, 6.07) is 8.29. The zero-order valence-electron chi connectivity index (χ0n) is 9.12. The van der Waals surface area contributed by atoms with Gasteiger partial charge >= 0.3 is 0 Å². The summed E-state index contributed by atoms with van der Waals surface area (Å²) in [6.45, 7) is 1.59. The topological polar surface area (TPSA) is 35.2 Å². The monoisotopic (exact) mass is 305 g/mol. The van der Waals surface area contributed by atoms with Crippen LogP contribution in [0.4, 0.5) is 0 Å². The van der Waals surface area contributed by atoms with Gasteiger partial charge in [0.1, 0.15) is 0 Å². The van der Waals surface area contributed by atoms with Gasteiger partial charge in [0.25, 0.3) is 0 Å². The van der Waals surface area contributed by atoms with Crippen LogP contribution < -0.4 is 5.73 Å². The standard InChI is InChI=1S/C12H16BrNO.ClH/c13-11-4-2-1-3-10(11)9-12(14)5-7-15-8-6-12;/h1-4H,5-9,14H2;1H. The average molecular weight is 307 g/mol. The zero-order valence-corrected chi connectivity index (χ0v) is 11.5. The third-order valence-corrected chi connectivity index (χ3v) is 3.76. The number of halogens is 2. The normalized spacial score (nSPS) is 18.9. The summed E-state index contributed by atoms with van der Waals surface area (Å²) in [5.74, 6) is 0. The second kappa shape index (κ2) is 6.01. The maximum absolute atomic E-state index is 6.36. The summed E-state index contributed by atoms with van der Waals surface area (Å²) < 4.78 is 6.50. The van der Waals surface area contributed by atoms with Crippen molar-refractivity contribution >= 4 is 28.3 Å². The Balaban J connectivity index is 0.00000128. The van der Waals surface area contributed by atoms with Crippen molar-refractivity contribution in [2.24, 2.45) is 5.73 Å². The van der Waals surface area contributed by atoms with Crippen molar-refractivity contribution < 1.29 is 4.74 Å². The molecule has 1 saturated heterocycles. The number of ether oxygens (including phenoxy) is 1. The minimum Gasteiger partial charge on any atom is -0.381 e. The van der Waals surface area contributed by atoms with Gasteiger partial charge in [-0.25, -0.2) is 0 Å². The molecule has 0 atom stereocenters. The van der Waals surface area contributed by atoms with Crippen LogP contribution in [-0.4, -0.2) is 18.8 Å². The molecule has 0 aromatic heterocycles. The van der Waals surface area contributed by atoms with Gasteiger partial charge in [-0.05, 0) is 30.9 Å². The highest BCUT2D eigenvalue weighted by Gasteiger charge is 2.28. The molecule has 0 saturated carbocycles. The Hall–Kier alpha value is -0.0900. The van der Waals surface area contributed by atoms with E-state index in [0.29, 0.717) is 0 Å². The average Bonchev–Trinajstić information content (AvgIpc) is 2.22. The Morgan fingerprint density at radius 3 is 2.50 bits per heavy atom. The largest absolute Gasteiger partial charge is 0.381 e. The maximum atomic E-state index is 6.36. The Morgan fingerprint density at radius 1 is 1.25 bits per heavy atom. The first kappa shape index (κ1) is 14.0. The van der Waals surface area contributed by atoms with E-state index < -0.39 is 0 Å². The Bertz CT molecular complexity index is 340. The fraction of sp³-hybridized carbons (Fsp3) is 0.500. The molecular formula is C12H17BrClNO. The summed E-state index contributed by atoms with van der Waals surface area (Å²) in [7, 11) is 0. The predicted molar refractivity (Wildman–Crippen MR) is 72.1 cm³/mol. The van der Waals surface area contributed by atoms with Gasteiger partial charge in [-0.3, -0.25) is 0 Å². The molecule has 90 valence electrons. The molecule has 0 bridgehead atoms. The molecule has 0 spiro atoms. The first-order valence-electron chi connectivity index (χ1n) is 5.30. The van der Waals surface area contributed by atoms with E-state index in [2.05, 4.69) is 34.1 Å². The van der Waals surface area contributed by atoms with Gasteiger partial charge in [-0.2, -0.15) is 0 Å². The molecule has 2 N–H and O–H groups in total. The molecule has 1 fully saturated rings. The van der Waals surface area contributed by atoms with Crippen LogP contribution in [0.1, 0.15) is 18.4 Å². The maximum Gasteiger partial charge on any atom is 0.0483 e. The molecule has 2 rings (SSSR count). The van der Waals surface area contributed by atoms with Gasteiger partial charge < -0.3 is 10.5 Å². The van der Waals surface area contributed by atoms with Crippen molar-refractivity contribution in [2.75, 3.05) is 13.2 Å². The molecule has 1 aromatic carbocycles. The van der Waals surface area contributed by atoms with Gasteiger partial charge in [0.2, 0.25) is 0 Å². The van der Waals surface area contributed by atoms with E-state index in [1.54, 1.807) is 0 Å². The van der Waals surface area contributed by atoms with Crippen molar-refractivity contribution in [2.45, 2.75) is 24.8 Å². The quantitative estimate of drug-likeness (QED) is 0.912. The second-order valence-corrected chi connectivity index (χ2v) is 5.10. The van der Waals surface area contributed by atoms with E-state index in [1.165, 1.54) is 5.56 Å². The fourth-order valence-corrected chi connectivity index (χ4v) is 2.40. The molecule has 1 heterocycles. The minimum absolute atomic E-state index is 0. The Labute approximate surface area is 111 Å². The van der Waals surface area contributed by atoms with Gasteiger partial charge in [-0.15, -0.1) is 12.4 Å². The van der Waals surface area contributed by atoms with E-state index in [1.807, 2.05) is 6.07 Å². The van der Waals surface area contributed by atoms with Crippen LogP contribution in [0.15, 0.2) is 28.7 Å². The molecule has 4 heteroatoms. The molecule has 0 radical (unpaired) electrons. The highest BCUT2D eigenvalue weighted by Crippen LogP contribution is 2.26. The van der Waals surface area contributed by atoms with Crippen LogP contribution >= 0.6 is 28.3 Å². The van der Waals surface area contributed by atoms with Crippen molar-refractivity contribution in [1.82, 2.24) is 0 Å². The molecule has 1 aromatic rings. The lowest BCUT2D eigenvalue weighted by molar-refractivity contribution is 0.0533. The van der Waals surface area contributed by atoms with Gasteiger partial charge in [-0.1, -0.05) is 34.1 Å². The number of rotatable bonds is 2. The highest BCUT2D eigenvalue weighted by atomic mass is 79.9. The van der Waals surface area contributed by atoms with Crippen molar-refractivity contribution in [3.05, 3.63) is 34.3 Å². The van der Waals surface area contributed by atoms with Gasteiger partial charge in [0.05, 0.1) is 0 Å². The van der Waals surface area contributed by atoms with Crippen molar-refractivity contribution in [3.8, 4) is 0 Å².